The molecule has 0 saturated heterocycles. The van der Waals surface area contributed by atoms with Crippen molar-refractivity contribution in [3.05, 3.63) is 131 Å². The van der Waals surface area contributed by atoms with Gasteiger partial charge in [-0.05, 0) is 46.5 Å². The van der Waals surface area contributed by atoms with E-state index in [1.807, 2.05) is 88.4 Å². The van der Waals surface area contributed by atoms with Crippen LogP contribution in [0.4, 0.5) is 0 Å². The van der Waals surface area contributed by atoms with Crippen LogP contribution >= 0.6 is 0 Å². The van der Waals surface area contributed by atoms with E-state index in [2.05, 4.69) is 0 Å². The molecular weight excluding hydrogens is 572 g/mol. The van der Waals surface area contributed by atoms with Gasteiger partial charge >= 0.3 is 11.9 Å². The number of hydrogen-bond donors (Lipinski definition) is 2. The Hall–Kier alpha value is -4.66. The number of rotatable bonds is 14. The van der Waals surface area contributed by atoms with Crippen LogP contribution in [0.15, 0.2) is 109 Å². The number of aliphatic hydroxyl groups is 2. The first-order valence-electron chi connectivity index (χ1n) is 15.2. The minimum atomic E-state index is -1.07. The van der Waals surface area contributed by atoms with Crippen molar-refractivity contribution < 1.29 is 38.7 Å². The van der Waals surface area contributed by atoms with Gasteiger partial charge in [-0.25, -0.2) is 0 Å². The first-order valence-corrected chi connectivity index (χ1v) is 15.2. The lowest BCUT2D eigenvalue weighted by molar-refractivity contribution is -0.157. The van der Waals surface area contributed by atoms with Gasteiger partial charge in [0.2, 0.25) is 0 Å². The predicted octanol–water partition coefficient (Wildman–Crippen LogP) is 7.14. The Balaban J connectivity index is 0.00000169. The molecule has 45 heavy (non-hydrogen) atoms. The highest BCUT2D eigenvalue weighted by atomic mass is 16.6. The molecule has 2 N–H and O–H groups in total. The summed E-state index contributed by atoms with van der Waals surface area (Å²) in [6, 6.07) is 33.1. The summed E-state index contributed by atoms with van der Waals surface area (Å²) in [5, 5.41) is 20.7. The van der Waals surface area contributed by atoms with E-state index < -0.39 is 30.6 Å². The quantitative estimate of drug-likeness (QED) is 0.114. The topological polar surface area (TPSA) is 112 Å². The zero-order valence-corrected chi connectivity index (χ0v) is 26.4. The Bertz CT molecular complexity index is 1250. The van der Waals surface area contributed by atoms with E-state index in [1.54, 1.807) is 48.5 Å². The fourth-order valence-electron chi connectivity index (χ4n) is 3.81. The van der Waals surface area contributed by atoms with E-state index in [0.717, 1.165) is 11.1 Å². The van der Waals surface area contributed by atoms with Gasteiger partial charge < -0.3 is 29.2 Å². The standard InChI is InChI=1S/C33H32O8.2C2H6/c34-30(26-11-15-28(16-12-26)38-20-24-7-3-1-4-8-24)22-40-32(36)19-33(37)41-23-31(35)27-13-17-29(18-14-27)39-21-25-9-5-2-6-10-25;2*1-2/h1-18,30-31,34-35H,19-23H2;2*1-2H3. The molecule has 0 aliphatic carbocycles. The normalized spacial score (nSPS) is 11.3. The van der Waals surface area contributed by atoms with Crippen molar-refractivity contribution in [3.63, 3.8) is 0 Å². The van der Waals surface area contributed by atoms with Crippen LogP contribution in [0.5, 0.6) is 11.5 Å². The maximum absolute atomic E-state index is 12.0. The summed E-state index contributed by atoms with van der Waals surface area (Å²) < 4.78 is 21.5. The van der Waals surface area contributed by atoms with Crippen molar-refractivity contribution in [1.29, 1.82) is 0 Å². The molecule has 0 amide bonds. The SMILES string of the molecule is CC.CC.O=C(CC(=O)OCC(O)c1ccc(OCc2ccccc2)cc1)OCC(O)c1ccc(OCc2ccccc2)cc1. The Labute approximate surface area is 266 Å². The van der Waals surface area contributed by atoms with Gasteiger partial charge in [-0.1, -0.05) is 113 Å². The number of esters is 2. The van der Waals surface area contributed by atoms with Gasteiger partial charge in [0.15, 0.2) is 0 Å². The second-order valence-corrected chi connectivity index (χ2v) is 9.26. The summed E-state index contributed by atoms with van der Waals surface area (Å²) in [5.74, 6) is -0.407. The molecule has 0 spiro atoms. The van der Waals surface area contributed by atoms with Gasteiger partial charge in [-0.2, -0.15) is 0 Å². The lowest BCUT2D eigenvalue weighted by atomic mass is 10.1. The molecule has 8 heteroatoms. The first-order chi connectivity index (χ1) is 22.0. The largest absolute Gasteiger partial charge is 0.489 e. The Morgan fingerprint density at radius 1 is 0.533 bits per heavy atom. The van der Waals surface area contributed by atoms with Gasteiger partial charge in [0.05, 0.1) is 0 Å². The summed E-state index contributed by atoms with van der Waals surface area (Å²) in [5.41, 5.74) is 3.14. The van der Waals surface area contributed by atoms with E-state index in [4.69, 9.17) is 18.9 Å². The van der Waals surface area contributed by atoms with Gasteiger partial charge in [-0.15, -0.1) is 0 Å². The van der Waals surface area contributed by atoms with Crippen LogP contribution in [-0.2, 0) is 32.3 Å². The highest BCUT2D eigenvalue weighted by molar-refractivity contribution is 5.91. The first kappa shape index (κ1) is 36.5. The maximum atomic E-state index is 12.0. The minimum absolute atomic E-state index is 0.322. The number of ether oxygens (including phenoxy) is 4. The summed E-state index contributed by atoms with van der Waals surface area (Å²) >= 11 is 0. The van der Waals surface area contributed by atoms with Crippen LogP contribution in [0.1, 0.15) is 68.6 Å². The van der Waals surface area contributed by atoms with Crippen LogP contribution in [-0.4, -0.2) is 35.4 Å². The van der Waals surface area contributed by atoms with Crippen molar-refractivity contribution in [2.45, 2.75) is 59.5 Å². The van der Waals surface area contributed by atoms with Gasteiger partial charge in [0, 0.05) is 0 Å². The van der Waals surface area contributed by atoms with E-state index in [1.165, 1.54) is 0 Å². The molecule has 0 aliphatic rings. The third kappa shape index (κ3) is 13.7. The van der Waals surface area contributed by atoms with Crippen molar-refractivity contribution in [1.82, 2.24) is 0 Å². The molecular formula is C37H44O8. The number of carbonyl (C=O) groups is 2. The molecule has 4 aromatic carbocycles. The zero-order chi connectivity index (χ0) is 32.9. The second-order valence-electron chi connectivity index (χ2n) is 9.26. The minimum Gasteiger partial charge on any atom is -0.489 e. The van der Waals surface area contributed by atoms with Crippen LogP contribution in [0.2, 0.25) is 0 Å². The Morgan fingerprint density at radius 3 is 1.20 bits per heavy atom. The summed E-state index contributed by atoms with van der Waals surface area (Å²) in [6.45, 7) is 8.20. The molecule has 2 atom stereocenters. The molecule has 0 fully saturated rings. The number of benzene rings is 4. The number of hydrogen-bond acceptors (Lipinski definition) is 8. The fraction of sp³-hybridized carbons (Fsp3) is 0.297. The summed E-state index contributed by atoms with van der Waals surface area (Å²) in [7, 11) is 0. The van der Waals surface area contributed by atoms with Crippen LogP contribution in [0.25, 0.3) is 0 Å². The van der Waals surface area contributed by atoms with E-state index in [0.29, 0.717) is 35.8 Å². The highest BCUT2D eigenvalue weighted by Crippen LogP contribution is 2.21. The molecule has 240 valence electrons. The van der Waals surface area contributed by atoms with Crippen molar-refractivity contribution in [3.8, 4) is 11.5 Å². The van der Waals surface area contributed by atoms with Crippen LogP contribution in [0.3, 0.4) is 0 Å². The second kappa shape index (κ2) is 21.1. The number of carbonyl (C=O) groups excluding carboxylic acids is 2. The third-order valence-corrected chi connectivity index (χ3v) is 6.12. The fourth-order valence-corrected chi connectivity index (χ4v) is 3.81. The van der Waals surface area contributed by atoms with Crippen molar-refractivity contribution in [2.24, 2.45) is 0 Å². The molecule has 0 aliphatic heterocycles. The monoisotopic (exact) mass is 616 g/mol. The van der Waals surface area contributed by atoms with E-state index in [9.17, 15) is 19.8 Å². The molecule has 0 radical (unpaired) electrons. The van der Waals surface area contributed by atoms with Crippen LogP contribution in [0, 0.1) is 0 Å². The molecule has 0 bridgehead atoms. The van der Waals surface area contributed by atoms with Gasteiger partial charge in [0.1, 0.15) is 56.6 Å². The smallest absolute Gasteiger partial charge is 0.317 e. The molecule has 0 heterocycles. The predicted molar refractivity (Wildman–Crippen MR) is 174 cm³/mol. The maximum Gasteiger partial charge on any atom is 0.317 e. The zero-order valence-electron chi connectivity index (χ0n) is 26.4. The highest BCUT2D eigenvalue weighted by Gasteiger charge is 2.17. The third-order valence-electron chi connectivity index (χ3n) is 6.12. The molecule has 2 unspecified atom stereocenters. The van der Waals surface area contributed by atoms with E-state index >= 15 is 0 Å². The number of aliphatic hydroxyl groups excluding tert-OH is 2. The van der Waals surface area contributed by atoms with Crippen LogP contribution < -0.4 is 9.47 Å². The molecule has 4 aromatic rings. The average Bonchev–Trinajstić information content (AvgIpc) is 3.11. The van der Waals surface area contributed by atoms with Gasteiger partial charge in [-0.3, -0.25) is 9.59 Å². The Morgan fingerprint density at radius 2 is 0.867 bits per heavy atom. The summed E-state index contributed by atoms with van der Waals surface area (Å²) in [6.07, 6.45) is -2.78. The van der Waals surface area contributed by atoms with Crippen molar-refractivity contribution >= 4 is 11.9 Å². The average molecular weight is 617 g/mol. The summed E-state index contributed by atoms with van der Waals surface area (Å²) in [4.78, 5) is 24.1. The van der Waals surface area contributed by atoms with E-state index in [-0.39, 0.29) is 13.2 Å². The molecule has 8 nitrogen and oxygen atoms in total. The lowest BCUT2D eigenvalue weighted by Gasteiger charge is -2.14. The Kier molecular flexibility index (Phi) is 17.1. The lowest BCUT2D eigenvalue weighted by Crippen LogP contribution is -2.19. The molecule has 0 aromatic heterocycles. The molecule has 0 saturated carbocycles. The van der Waals surface area contributed by atoms with Crippen molar-refractivity contribution in [2.75, 3.05) is 13.2 Å². The molecule has 4 rings (SSSR count). The van der Waals surface area contributed by atoms with Gasteiger partial charge in [0.25, 0.3) is 0 Å².